The summed E-state index contributed by atoms with van der Waals surface area (Å²) in [7, 11) is -1.99. The zero-order valence-electron chi connectivity index (χ0n) is 19.6. The van der Waals surface area contributed by atoms with Crippen LogP contribution in [0.5, 0.6) is 0 Å². The molecular formula is C18H45NO4Si4. The molecule has 5 nitrogen and oxygen atoms in total. The van der Waals surface area contributed by atoms with E-state index in [2.05, 4.69) is 50.8 Å². The van der Waals surface area contributed by atoms with Crippen molar-refractivity contribution < 1.29 is 17.4 Å². The summed E-state index contributed by atoms with van der Waals surface area (Å²) in [4.78, 5) is 0. The molecule has 0 aromatic heterocycles. The van der Waals surface area contributed by atoms with Gasteiger partial charge in [0, 0.05) is 27.4 Å². The topological polar surface area (TPSA) is 40.2 Å². The Bertz CT molecular complexity index is 450. The highest BCUT2D eigenvalue weighted by Crippen LogP contribution is 2.31. The van der Waals surface area contributed by atoms with Crippen LogP contribution in [0, 0.1) is 5.92 Å². The molecule has 0 aromatic rings. The Kier molecular flexibility index (Phi) is 9.63. The van der Waals surface area contributed by atoms with Crippen molar-refractivity contribution in [2.24, 2.45) is 5.92 Å². The molecule has 1 fully saturated rings. The third-order valence-corrected chi connectivity index (χ3v) is 20.4. The van der Waals surface area contributed by atoms with Crippen molar-refractivity contribution >= 4 is 33.7 Å². The first-order valence-electron chi connectivity index (χ1n) is 10.4. The molecule has 1 heterocycles. The Balaban J connectivity index is 2.50. The molecule has 1 rings (SSSR count). The molecule has 0 spiro atoms. The lowest BCUT2D eigenvalue weighted by atomic mass is 10.2. The van der Waals surface area contributed by atoms with Gasteiger partial charge in [-0.05, 0) is 69.7 Å². The van der Waals surface area contributed by atoms with E-state index in [1.165, 1.54) is 31.6 Å². The van der Waals surface area contributed by atoms with Gasteiger partial charge in [0.2, 0.25) is 0 Å². The number of nitrogens with zero attached hydrogens (tertiary/aromatic N) is 1. The Labute approximate surface area is 172 Å². The fourth-order valence-corrected chi connectivity index (χ4v) is 20.8. The summed E-state index contributed by atoms with van der Waals surface area (Å²) in [6, 6.07) is 4.56. The summed E-state index contributed by atoms with van der Waals surface area (Å²) >= 11 is 0. The van der Waals surface area contributed by atoms with Crippen LogP contribution in [0.4, 0.5) is 0 Å². The van der Waals surface area contributed by atoms with Gasteiger partial charge in [0.25, 0.3) is 0 Å². The molecule has 1 saturated heterocycles. The van der Waals surface area contributed by atoms with Crippen LogP contribution in [0.25, 0.3) is 0 Å². The highest BCUT2D eigenvalue weighted by Gasteiger charge is 2.42. The van der Waals surface area contributed by atoms with Crippen LogP contribution in [0.3, 0.4) is 0 Å². The summed E-state index contributed by atoms with van der Waals surface area (Å²) < 4.78 is 26.4. The molecular weight excluding hydrogens is 407 g/mol. The number of hydrogen-bond acceptors (Lipinski definition) is 5. The van der Waals surface area contributed by atoms with E-state index in [1.807, 2.05) is 0 Å². The molecule has 0 bridgehead atoms. The van der Waals surface area contributed by atoms with Crippen LogP contribution in [-0.4, -0.2) is 72.7 Å². The molecule has 1 aliphatic heterocycles. The first kappa shape index (κ1) is 25.7. The van der Waals surface area contributed by atoms with Gasteiger partial charge < -0.3 is 22.0 Å². The van der Waals surface area contributed by atoms with Gasteiger partial charge in [-0.3, -0.25) is 0 Å². The highest BCUT2D eigenvalue weighted by atomic mass is 28.4. The maximum atomic E-state index is 6.82. The van der Waals surface area contributed by atoms with Gasteiger partial charge in [0.15, 0.2) is 16.6 Å². The maximum absolute atomic E-state index is 6.82. The third-order valence-electron chi connectivity index (χ3n) is 5.96. The van der Waals surface area contributed by atoms with E-state index in [9.17, 15) is 0 Å². The third kappa shape index (κ3) is 8.13. The van der Waals surface area contributed by atoms with Crippen LogP contribution >= 0.6 is 0 Å². The highest BCUT2D eigenvalue weighted by molar-refractivity contribution is 6.85. The van der Waals surface area contributed by atoms with Gasteiger partial charge in [0.1, 0.15) is 8.24 Å². The molecule has 0 amide bonds. The monoisotopic (exact) mass is 451 g/mol. The van der Waals surface area contributed by atoms with Crippen molar-refractivity contribution in [3.8, 4) is 0 Å². The van der Waals surface area contributed by atoms with E-state index in [-0.39, 0.29) is 0 Å². The lowest BCUT2D eigenvalue weighted by Crippen LogP contribution is -2.49. The molecule has 0 saturated carbocycles. The van der Waals surface area contributed by atoms with Crippen molar-refractivity contribution in [2.45, 2.75) is 76.8 Å². The van der Waals surface area contributed by atoms with Crippen molar-refractivity contribution in [2.75, 3.05) is 34.4 Å². The van der Waals surface area contributed by atoms with Crippen LogP contribution in [0.2, 0.25) is 63.5 Å². The second-order valence-corrected chi connectivity index (χ2v) is 26.7. The minimum Gasteiger partial charge on any atom is -0.456 e. The van der Waals surface area contributed by atoms with Crippen LogP contribution in [0.15, 0.2) is 0 Å². The largest absolute Gasteiger partial charge is 0.499 e. The summed E-state index contributed by atoms with van der Waals surface area (Å²) in [5.41, 5.74) is 0. The average molecular weight is 452 g/mol. The normalized spacial score (nSPS) is 21.8. The minimum absolute atomic E-state index is 0.839. The zero-order chi connectivity index (χ0) is 20.9. The molecule has 1 unspecified atom stereocenters. The minimum atomic E-state index is -2.50. The van der Waals surface area contributed by atoms with E-state index in [0.29, 0.717) is 0 Å². The van der Waals surface area contributed by atoms with E-state index in [0.717, 1.165) is 18.0 Å². The van der Waals surface area contributed by atoms with E-state index >= 15 is 0 Å². The van der Waals surface area contributed by atoms with E-state index in [4.69, 9.17) is 17.4 Å². The summed E-state index contributed by atoms with van der Waals surface area (Å²) in [5.74, 6) is 0.881. The van der Waals surface area contributed by atoms with Crippen molar-refractivity contribution in [3.63, 3.8) is 0 Å². The zero-order valence-corrected chi connectivity index (χ0v) is 23.6. The van der Waals surface area contributed by atoms with Crippen molar-refractivity contribution in [1.29, 1.82) is 0 Å². The quantitative estimate of drug-likeness (QED) is 0.397. The molecule has 162 valence electrons. The Morgan fingerprint density at radius 1 is 0.889 bits per heavy atom. The average Bonchev–Trinajstić information content (AvgIpc) is 2.80. The van der Waals surface area contributed by atoms with Gasteiger partial charge >= 0.3 is 8.80 Å². The molecule has 0 aromatic carbocycles. The molecule has 1 aliphatic rings. The maximum Gasteiger partial charge on any atom is 0.499 e. The van der Waals surface area contributed by atoms with Gasteiger partial charge in [-0.1, -0.05) is 20.0 Å². The first-order valence-corrected chi connectivity index (χ1v) is 21.7. The van der Waals surface area contributed by atoms with Crippen LogP contribution in [-0.2, 0) is 17.4 Å². The Morgan fingerprint density at radius 2 is 1.41 bits per heavy atom. The van der Waals surface area contributed by atoms with Gasteiger partial charge in [-0.2, -0.15) is 0 Å². The smallest absolute Gasteiger partial charge is 0.456 e. The molecule has 27 heavy (non-hydrogen) atoms. The summed E-state index contributed by atoms with van der Waals surface area (Å²) in [6.45, 7) is 19.5. The molecule has 1 atom stereocenters. The van der Waals surface area contributed by atoms with E-state index in [1.54, 1.807) is 21.3 Å². The SMILES string of the molecule is CO[Si](CC[Si](C)(C)O[Si](C)(C)CCCN1CC(C)C[Si]1(C)C)(OC)OC. The lowest BCUT2D eigenvalue weighted by Gasteiger charge is -2.36. The fraction of sp³-hybridized carbons (Fsp3) is 1.00. The standard InChI is InChI=1S/C18H45NO4Si4/c1-18-16-19(24(5,6)17-18)12-11-13-25(7,8)23-26(9,10)14-15-27(20-2,21-3)22-4/h18H,11-17H2,1-10H3. The predicted octanol–water partition coefficient (Wildman–Crippen LogP) is 4.84. The van der Waals surface area contributed by atoms with Gasteiger partial charge in [0.05, 0.1) is 0 Å². The van der Waals surface area contributed by atoms with Gasteiger partial charge in [-0.15, -0.1) is 0 Å². The molecule has 0 radical (unpaired) electrons. The fourth-order valence-electron chi connectivity index (χ4n) is 4.62. The second-order valence-electron chi connectivity index (χ2n) is 10.1. The molecule has 0 N–H and O–H groups in total. The van der Waals surface area contributed by atoms with Gasteiger partial charge in [-0.25, -0.2) is 0 Å². The van der Waals surface area contributed by atoms with Crippen LogP contribution < -0.4 is 0 Å². The number of rotatable bonds is 12. The lowest BCUT2D eigenvalue weighted by molar-refractivity contribution is 0.125. The summed E-state index contributed by atoms with van der Waals surface area (Å²) in [6.07, 6.45) is 1.28. The van der Waals surface area contributed by atoms with E-state index < -0.39 is 33.7 Å². The predicted molar refractivity (Wildman–Crippen MR) is 125 cm³/mol. The molecule has 9 heteroatoms. The van der Waals surface area contributed by atoms with Crippen LogP contribution in [0.1, 0.15) is 13.3 Å². The Morgan fingerprint density at radius 3 is 1.85 bits per heavy atom. The number of hydrogen-bond donors (Lipinski definition) is 0. The Hall–Kier alpha value is 0.668. The summed E-state index contributed by atoms with van der Waals surface area (Å²) in [5, 5.41) is 0. The molecule has 0 aliphatic carbocycles. The van der Waals surface area contributed by atoms with Crippen molar-refractivity contribution in [3.05, 3.63) is 0 Å². The second kappa shape index (κ2) is 10.1. The first-order chi connectivity index (χ1) is 12.3. The van der Waals surface area contributed by atoms with Crippen molar-refractivity contribution in [1.82, 2.24) is 4.57 Å².